The average Bonchev–Trinajstić information content (AvgIpc) is 2.87. The molecule has 8 heteroatoms. The summed E-state index contributed by atoms with van der Waals surface area (Å²) in [4.78, 5) is 15.3. The van der Waals surface area contributed by atoms with Crippen molar-refractivity contribution in [1.29, 1.82) is 0 Å². The first kappa shape index (κ1) is 25.4. The summed E-state index contributed by atoms with van der Waals surface area (Å²) < 4.78 is 56.4. The van der Waals surface area contributed by atoms with E-state index in [1.165, 1.54) is 19.2 Å². The predicted octanol–water partition coefficient (Wildman–Crippen LogP) is 6.16. The molecule has 1 atom stereocenters. The van der Waals surface area contributed by atoms with Gasteiger partial charge in [0.05, 0.1) is 25.8 Å². The van der Waals surface area contributed by atoms with Gasteiger partial charge < -0.3 is 19.1 Å². The molecular weight excluding hydrogens is 471 g/mol. The van der Waals surface area contributed by atoms with Crippen molar-refractivity contribution in [1.82, 2.24) is 4.90 Å². The standard InChI is InChI=1S/C28H28F3NO4/c1-17-8-9-20(12-18(17)2)27(33)32-11-10-19-13-25(34-3)26(35-4)15-23(19)24(32)16-36-22-7-5-6-21(14-22)28(29,30)31/h5-9,12-15,24H,10-11,16H2,1-4H3. The number of amides is 1. The van der Waals surface area contributed by atoms with Gasteiger partial charge in [-0.1, -0.05) is 12.1 Å². The maximum Gasteiger partial charge on any atom is 0.416 e. The number of alkyl halides is 3. The number of benzene rings is 3. The molecule has 3 aromatic rings. The molecule has 0 saturated carbocycles. The second-order valence-corrected chi connectivity index (χ2v) is 8.81. The summed E-state index contributed by atoms with van der Waals surface area (Å²) in [6, 6.07) is 13.4. The van der Waals surface area contributed by atoms with Crippen LogP contribution in [0.2, 0.25) is 0 Å². The molecule has 0 aliphatic carbocycles. The quantitative estimate of drug-likeness (QED) is 0.408. The van der Waals surface area contributed by atoms with E-state index in [1.807, 2.05) is 38.1 Å². The minimum absolute atomic E-state index is 0.0274. The van der Waals surface area contributed by atoms with Crippen molar-refractivity contribution in [3.05, 3.63) is 88.0 Å². The van der Waals surface area contributed by atoms with Gasteiger partial charge in [-0.3, -0.25) is 4.79 Å². The summed E-state index contributed by atoms with van der Waals surface area (Å²) in [7, 11) is 3.08. The first-order chi connectivity index (χ1) is 17.1. The molecule has 36 heavy (non-hydrogen) atoms. The normalized spacial score (nSPS) is 15.3. The first-order valence-corrected chi connectivity index (χ1v) is 11.6. The van der Waals surface area contributed by atoms with Gasteiger partial charge in [0.2, 0.25) is 0 Å². The van der Waals surface area contributed by atoms with Crippen LogP contribution in [-0.2, 0) is 12.6 Å². The SMILES string of the molecule is COc1cc2c(cc1OC)C(COc1cccc(C(F)(F)F)c1)N(C(=O)c1ccc(C)c(C)c1)CC2. The highest BCUT2D eigenvalue weighted by Gasteiger charge is 2.34. The molecule has 0 N–H and O–H groups in total. The molecule has 3 aromatic carbocycles. The van der Waals surface area contributed by atoms with Gasteiger partial charge >= 0.3 is 6.18 Å². The fourth-order valence-corrected chi connectivity index (χ4v) is 4.43. The Labute approximate surface area is 208 Å². The Bertz CT molecular complexity index is 1270. The van der Waals surface area contributed by atoms with Crippen molar-refractivity contribution >= 4 is 5.91 Å². The number of aryl methyl sites for hydroxylation is 2. The van der Waals surface area contributed by atoms with Crippen LogP contribution in [0, 0.1) is 13.8 Å². The average molecular weight is 500 g/mol. The minimum atomic E-state index is -4.48. The molecular formula is C28H28F3NO4. The van der Waals surface area contributed by atoms with Crippen molar-refractivity contribution in [2.45, 2.75) is 32.5 Å². The summed E-state index contributed by atoms with van der Waals surface area (Å²) in [6.45, 7) is 4.32. The molecule has 1 unspecified atom stereocenters. The van der Waals surface area contributed by atoms with E-state index in [9.17, 15) is 18.0 Å². The molecule has 0 aromatic heterocycles. The van der Waals surface area contributed by atoms with Crippen LogP contribution in [0.3, 0.4) is 0 Å². The lowest BCUT2D eigenvalue weighted by molar-refractivity contribution is -0.137. The lowest BCUT2D eigenvalue weighted by Gasteiger charge is -2.37. The van der Waals surface area contributed by atoms with Crippen molar-refractivity contribution in [2.24, 2.45) is 0 Å². The smallest absolute Gasteiger partial charge is 0.416 e. The monoisotopic (exact) mass is 499 g/mol. The van der Waals surface area contributed by atoms with Crippen LogP contribution < -0.4 is 14.2 Å². The van der Waals surface area contributed by atoms with Gasteiger partial charge in [-0.25, -0.2) is 0 Å². The van der Waals surface area contributed by atoms with Crippen molar-refractivity contribution < 1.29 is 32.2 Å². The summed E-state index contributed by atoms with van der Waals surface area (Å²) in [5.74, 6) is 0.982. The van der Waals surface area contributed by atoms with E-state index in [1.54, 1.807) is 18.1 Å². The molecule has 1 aliphatic rings. The molecule has 0 saturated heterocycles. The van der Waals surface area contributed by atoms with Gasteiger partial charge in [0.25, 0.3) is 5.91 Å². The zero-order valence-electron chi connectivity index (χ0n) is 20.6. The number of hydrogen-bond acceptors (Lipinski definition) is 4. The van der Waals surface area contributed by atoms with Gasteiger partial charge in [0.1, 0.15) is 12.4 Å². The van der Waals surface area contributed by atoms with Crippen LogP contribution in [0.15, 0.2) is 54.6 Å². The molecule has 190 valence electrons. The van der Waals surface area contributed by atoms with E-state index in [2.05, 4.69) is 0 Å². The largest absolute Gasteiger partial charge is 0.493 e. The molecule has 1 amide bonds. The number of carbonyl (C=O) groups excluding carboxylic acids is 1. The van der Waals surface area contributed by atoms with Gasteiger partial charge in [-0.2, -0.15) is 13.2 Å². The maximum atomic E-state index is 13.6. The van der Waals surface area contributed by atoms with Gasteiger partial charge in [0, 0.05) is 12.1 Å². The van der Waals surface area contributed by atoms with Gasteiger partial charge in [0.15, 0.2) is 11.5 Å². The molecule has 0 spiro atoms. The fraction of sp³-hybridized carbons (Fsp3) is 0.321. The lowest BCUT2D eigenvalue weighted by atomic mass is 9.91. The van der Waals surface area contributed by atoms with Crippen LogP contribution in [0.4, 0.5) is 13.2 Å². The summed E-state index contributed by atoms with van der Waals surface area (Å²) in [5, 5.41) is 0. The number of ether oxygens (including phenoxy) is 3. The number of halogens is 3. The van der Waals surface area contributed by atoms with Crippen LogP contribution in [0.5, 0.6) is 17.2 Å². The highest BCUT2D eigenvalue weighted by molar-refractivity contribution is 5.95. The van der Waals surface area contributed by atoms with Crippen molar-refractivity contribution in [3.63, 3.8) is 0 Å². The number of methoxy groups -OCH3 is 2. The topological polar surface area (TPSA) is 48.0 Å². The van der Waals surface area contributed by atoms with Crippen LogP contribution >= 0.6 is 0 Å². The third-order valence-electron chi connectivity index (χ3n) is 6.59. The third-order valence-corrected chi connectivity index (χ3v) is 6.59. The van der Waals surface area contributed by atoms with E-state index >= 15 is 0 Å². The Hall–Kier alpha value is -3.68. The maximum absolute atomic E-state index is 13.6. The minimum Gasteiger partial charge on any atom is -0.493 e. The summed E-state index contributed by atoms with van der Waals surface area (Å²) >= 11 is 0. The van der Waals surface area contributed by atoms with E-state index in [4.69, 9.17) is 14.2 Å². The Balaban J connectivity index is 1.71. The molecule has 0 bridgehead atoms. The Kier molecular flexibility index (Phi) is 7.15. The fourth-order valence-electron chi connectivity index (χ4n) is 4.43. The van der Waals surface area contributed by atoms with Crippen LogP contribution in [-0.4, -0.2) is 38.2 Å². The molecule has 5 nitrogen and oxygen atoms in total. The van der Waals surface area contributed by atoms with E-state index < -0.39 is 17.8 Å². The zero-order valence-corrected chi connectivity index (χ0v) is 20.6. The second-order valence-electron chi connectivity index (χ2n) is 8.81. The molecule has 4 rings (SSSR count). The van der Waals surface area contributed by atoms with E-state index in [-0.39, 0.29) is 18.3 Å². The third kappa shape index (κ3) is 5.12. The predicted molar refractivity (Wildman–Crippen MR) is 130 cm³/mol. The van der Waals surface area contributed by atoms with Crippen molar-refractivity contribution in [2.75, 3.05) is 27.4 Å². The van der Waals surface area contributed by atoms with Crippen LogP contribution in [0.1, 0.15) is 44.2 Å². The highest BCUT2D eigenvalue weighted by atomic mass is 19.4. The number of nitrogens with zero attached hydrogens (tertiary/aromatic N) is 1. The Morgan fingerprint density at radius 1 is 0.972 bits per heavy atom. The van der Waals surface area contributed by atoms with Crippen molar-refractivity contribution in [3.8, 4) is 17.2 Å². The summed E-state index contributed by atoms with van der Waals surface area (Å²) in [5.41, 5.74) is 3.61. The first-order valence-electron chi connectivity index (χ1n) is 11.6. The molecule has 1 heterocycles. The zero-order chi connectivity index (χ0) is 26.0. The molecule has 0 radical (unpaired) electrons. The van der Waals surface area contributed by atoms with Gasteiger partial charge in [-0.05, 0) is 85.0 Å². The van der Waals surface area contributed by atoms with E-state index in [0.717, 1.165) is 34.4 Å². The Morgan fingerprint density at radius 3 is 2.36 bits per heavy atom. The number of fused-ring (bicyclic) bond motifs is 1. The van der Waals surface area contributed by atoms with E-state index in [0.29, 0.717) is 30.0 Å². The number of hydrogen-bond donors (Lipinski definition) is 0. The molecule has 1 aliphatic heterocycles. The highest BCUT2D eigenvalue weighted by Crippen LogP contribution is 2.39. The Morgan fingerprint density at radius 2 is 1.69 bits per heavy atom. The number of carbonyl (C=O) groups is 1. The summed E-state index contributed by atoms with van der Waals surface area (Å²) in [6.07, 6.45) is -3.89. The molecule has 0 fully saturated rings. The number of rotatable bonds is 6. The van der Waals surface area contributed by atoms with Crippen LogP contribution in [0.25, 0.3) is 0 Å². The lowest BCUT2D eigenvalue weighted by Crippen LogP contribution is -2.42. The van der Waals surface area contributed by atoms with Gasteiger partial charge in [-0.15, -0.1) is 0 Å². The second kappa shape index (κ2) is 10.1.